The third-order valence-corrected chi connectivity index (χ3v) is 2.65. The number of rotatable bonds is 8. The van der Waals surface area contributed by atoms with Crippen LogP contribution in [0.25, 0.3) is 0 Å². The van der Waals surface area contributed by atoms with Gasteiger partial charge in [0.05, 0.1) is 6.61 Å². The van der Waals surface area contributed by atoms with Gasteiger partial charge in [-0.3, -0.25) is 0 Å². The van der Waals surface area contributed by atoms with Crippen molar-refractivity contribution in [3.8, 4) is 5.75 Å². The Hall–Kier alpha value is -1.28. The number of nitrogens with one attached hydrogen (secondary N) is 1. The standard InChI is InChI=1S/C15H23NO/c1-4-6-11-16-13(3)14-7-9-15(10-8-14)17-12-5-2/h4,7-10,13,16H,1,5-6,11-12H2,2-3H3. The van der Waals surface area contributed by atoms with E-state index in [4.69, 9.17) is 4.74 Å². The van der Waals surface area contributed by atoms with E-state index in [0.29, 0.717) is 6.04 Å². The molecule has 0 amide bonds. The van der Waals surface area contributed by atoms with Crippen LogP contribution >= 0.6 is 0 Å². The van der Waals surface area contributed by atoms with Gasteiger partial charge in [0.15, 0.2) is 0 Å². The Bertz CT molecular complexity index is 318. The average Bonchev–Trinajstić information content (AvgIpc) is 2.37. The zero-order chi connectivity index (χ0) is 12.5. The van der Waals surface area contributed by atoms with Gasteiger partial charge in [-0.05, 0) is 44.0 Å². The summed E-state index contributed by atoms with van der Waals surface area (Å²) in [5.41, 5.74) is 1.29. The molecular weight excluding hydrogens is 210 g/mol. The minimum Gasteiger partial charge on any atom is -0.494 e. The van der Waals surface area contributed by atoms with Crippen molar-refractivity contribution < 1.29 is 4.74 Å². The Kier molecular flexibility index (Phi) is 6.41. The Labute approximate surface area is 105 Å². The molecule has 0 aromatic heterocycles. The van der Waals surface area contributed by atoms with Crippen LogP contribution in [0.2, 0.25) is 0 Å². The van der Waals surface area contributed by atoms with Crippen LogP contribution in [0.4, 0.5) is 0 Å². The molecule has 0 aliphatic carbocycles. The van der Waals surface area contributed by atoms with E-state index in [9.17, 15) is 0 Å². The molecule has 1 atom stereocenters. The Balaban J connectivity index is 2.45. The Morgan fingerprint density at radius 2 is 2.06 bits per heavy atom. The molecule has 0 spiro atoms. The lowest BCUT2D eigenvalue weighted by molar-refractivity contribution is 0.317. The fourth-order valence-electron chi connectivity index (χ4n) is 1.59. The highest BCUT2D eigenvalue weighted by Gasteiger charge is 2.03. The first-order valence-corrected chi connectivity index (χ1v) is 6.35. The van der Waals surface area contributed by atoms with Gasteiger partial charge >= 0.3 is 0 Å². The van der Waals surface area contributed by atoms with Crippen LogP contribution in [0, 0.1) is 0 Å². The maximum absolute atomic E-state index is 5.55. The van der Waals surface area contributed by atoms with Gasteiger partial charge in [0, 0.05) is 6.04 Å². The molecule has 17 heavy (non-hydrogen) atoms. The second-order valence-corrected chi connectivity index (χ2v) is 4.17. The van der Waals surface area contributed by atoms with Crippen molar-refractivity contribution in [2.75, 3.05) is 13.2 Å². The molecule has 0 bridgehead atoms. The minimum absolute atomic E-state index is 0.371. The fourth-order valence-corrected chi connectivity index (χ4v) is 1.59. The fraction of sp³-hybridized carbons (Fsp3) is 0.467. The molecule has 1 rings (SSSR count). The maximum Gasteiger partial charge on any atom is 0.119 e. The van der Waals surface area contributed by atoms with Crippen LogP contribution in [0.1, 0.15) is 38.3 Å². The van der Waals surface area contributed by atoms with Crippen LogP contribution in [0.3, 0.4) is 0 Å². The summed E-state index contributed by atoms with van der Waals surface area (Å²) in [6, 6.07) is 8.69. The van der Waals surface area contributed by atoms with Gasteiger partial charge in [-0.2, -0.15) is 0 Å². The predicted octanol–water partition coefficient (Wildman–Crippen LogP) is 3.70. The Morgan fingerprint density at radius 1 is 1.35 bits per heavy atom. The van der Waals surface area contributed by atoms with Crippen LogP contribution in [-0.2, 0) is 0 Å². The predicted molar refractivity (Wildman–Crippen MR) is 73.5 cm³/mol. The van der Waals surface area contributed by atoms with Crippen LogP contribution in [0.5, 0.6) is 5.75 Å². The molecule has 1 aromatic rings. The molecule has 1 N–H and O–H groups in total. The summed E-state index contributed by atoms with van der Waals surface area (Å²) in [6.07, 6.45) is 3.98. The SMILES string of the molecule is C=CCCNC(C)c1ccc(OCCC)cc1. The van der Waals surface area contributed by atoms with E-state index in [1.807, 2.05) is 18.2 Å². The second kappa shape index (κ2) is 7.91. The van der Waals surface area contributed by atoms with Gasteiger partial charge in [0.25, 0.3) is 0 Å². The summed E-state index contributed by atoms with van der Waals surface area (Å²) in [6.45, 7) is 9.75. The number of hydrogen-bond acceptors (Lipinski definition) is 2. The monoisotopic (exact) mass is 233 g/mol. The third-order valence-electron chi connectivity index (χ3n) is 2.65. The summed E-state index contributed by atoms with van der Waals surface area (Å²) >= 11 is 0. The lowest BCUT2D eigenvalue weighted by Gasteiger charge is -2.14. The average molecular weight is 233 g/mol. The number of benzene rings is 1. The number of hydrogen-bond donors (Lipinski definition) is 1. The van der Waals surface area contributed by atoms with Crippen molar-refractivity contribution in [3.05, 3.63) is 42.5 Å². The lowest BCUT2D eigenvalue weighted by Crippen LogP contribution is -2.19. The molecule has 2 nitrogen and oxygen atoms in total. The molecule has 0 aliphatic rings. The number of ether oxygens (including phenoxy) is 1. The van der Waals surface area contributed by atoms with E-state index >= 15 is 0 Å². The molecule has 0 saturated heterocycles. The van der Waals surface area contributed by atoms with Gasteiger partial charge in [0.1, 0.15) is 5.75 Å². The summed E-state index contributed by atoms with van der Waals surface area (Å²) in [7, 11) is 0. The largest absolute Gasteiger partial charge is 0.494 e. The molecule has 1 aromatic carbocycles. The molecule has 0 saturated carbocycles. The van der Waals surface area contributed by atoms with E-state index in [1.54, 1.807) is 0 Å². The van der Waals surface area contributed by atoms with Crippen molar-refractivity contribution >= 4 is 0 Å². The quantitative estimate of drug-likeness (QED) is 0.546. The van der Waals surface area contributed by atoms with Crippen molar-refractivity contribution in [3.63, 3.8) is 0 Å². The van der Waals surface area contributed by atoms with Gasteiger partial charge in [-0.25, -0.2) is 0 Å². The highest BCUT2D eigenvalue weighted by molar-refractivity contribution is 5.28. The van der Waals surface area contributed by atoms with Crippen molar-refractivity contribution in [1.82, 2.24) is 5.32 Å². The van der Waals surface area contributed by atoms with E-state index in [-0.39, 0.29) is 0 Å². The highest BCUT2D eigenvalue weighted by Crippen LogP contribution is 2.17. The smallest absolute Gasteiger partial charge is 0.119 e. The normalized spacial score (nSPS) is 12.1. The van der Waals surface area contributed by atoms with Crippen molar-refractivity contribution in [2.45, 2.75) is 32.7 Å². The molecule has 1 unspecified atom stereocenters. The molecule has 0 radical (unpaired) electrons. The minimum atomic E-state index is 0.371. The molecular formula is C15H23NO. The molecule has 0 fully saturated rings. The van der Waals surface area contributed by atoms with Gasteiger partial charge < -0.3 is 10.1 Å². The zero-order valence-corrected chi connectivity index (χ0v) is 10.9. The van der Waals surface area contributed by atoms with Crippen LogP contribution in [0.15, 0.2) is 36.9 Å². The van der Waals surface area contributed by atoms with Crippen molar-refractivity contribution in [1.29, 1.82) is 0 Å². The van der Waals surface area contributed by atoms with Crippen molar-refractivity contribution in [2.24, 2.45) is 0 Å². The van der Waals surface area contributed by atoms with E-state index < -0.39 is 0 Å². The first kappa shape index (κ1) is 13.8. The summed E-state index contributed by atoms with van der Waals surface area (Å²) < 4.78 is 5.55. The van der Waals surface area contributed by atoms with E-state index in [0.717, 1.165) is 31.7 Å². The molecule has 2 heteroatoms. The Morgan fingerprint density at radius 3 is 2.65 bits per heavy atom. The van der Waals surface area contributed by atoms with Gasteiger partial charge in [-0.1, -0.05) is 25.1 Å². The lowest BCUT2D eigenvalue weighted by atomic mass is 10.1. The van der Waals surface area contributed by atoms with E-state index in [1.165, 1.54) is 5.56 Å². The van der Waals surface area contributed by atoms with Gasteiger partial charge in [0.2, 0.25) is 0 Å². The zero-order valence-electron chi connectivity index (χ0n) is 10.9. The van der Waals surface area contributed by atoms with Crippen LogP contribution < -0.4 is 10.1 Å². The van der Waals surface area contributed by atoms with Crippen LogP contribution in [-0.4, -0.2) is 13.2 Å². The van der Waals surface area contributed by atoms with Gasteiger partial charge in [-0.15, -0.1) is 6.58 Å². The molecule has 0 heterocycles. The topological polar surface area (TPSA) is 21.3 Å². The summed E-state index contributed by atoms with van der Waals surface area (Å²) in [5.74, 6) is 0.953. The highest BCUT2D eigenvalue weighted by atomic mass is 16.5. The first-order valence-electron chi connectivity index (χ1n) is 6.35. The summed E-state index contributed by atoms with van der Waals surface area (Å²) in [5, 5.41) is 3.45. The third kappa shape index (κ3) is 5.05. The second-order valence-electron chi connectivity index (χ2n) is 4.17. The molecule has 0 aliphatic heterocycles. The first-order chi connectivity index (χ1) is 8.27. The van der Waals surface area contributed by atoms with E-state index in [2.05, 4.69) is 37.9 Å². The maximum atomic E-state index is 5.55. The molecule has 94 valence electrons. The summed E-state index contributed by atoms with van der Waals surface area (Å²) in [4.78, 5) is 0.